The zero-order chi connectivity index (χ0) is 9.68. The number of nitrogens with two attached hydrogens (primary N) is 1. The highest BCUT2D eigenvalue weighted by Crippen LogP contribution is 1.99. The van der Waals surface area contributed by atoms with Gasteiger partial charge in [0.05, 0.1) is 0 Å². The second-order valence-corrected chi connectivity index (χ2v) is 2.54. The van der Waals surface area contributed by atoms with E-state index in [9.17, 15) is 4.79 Å². The van der Waals surface area contributed by atoms with E-state index in [0.29, 0.717) is 18.7 Å². The van der Waals surface area contributed by atoms with Gasteiger partial charge in [-0.05, 0) is 6.42 Å². The Labute approximate surface area is 75.1 Å². The summed E-state index contributed by atoms with van der Waals surface area (Å²) in [6, 6.07) is 1.45. The normalized spacial score (nSPS) is 9.92. The van der Waals surface area contributed by atoms with Crippen molar-refractivity contribution in [3.8, 4) is 0 Å². The van der Waals surface area contributed by atoms with Gasteiger partial charge in [-0.3, -0.25) is 9.89 Å². The fraction of sp³-hybridized carbons (Fsp3) is 0.429. The number of rotatable bonds is 4. The van der Waals surface area contributed by atoms with E-state index in [-0.39, 0.29) is 18.3 Å². The maximum atomic E-state index is 11.2. The second-order valence-electron chi connectivity index (χ2n) is 2.54. The summed E-state index contributed by atoms with van der Waals surface area (Å²) in [4.78, 5) is 11.2. The van der Waals surface area contributed by atoms with Crippen LogP contribution >= 0.6 is 0 Å². The maximum absolute atomic E-state index is 11.2. The molecule has 0 saturated heterocycles. The number of hydrogen-bond donors (Lipinski definition) is 4. The fourth-order valence-corrected chi connectivity index (χ4v) is 0.830. The third kappa shape index (κ3) is 2.75. The van der Waals surface area contributed by atoms with Crippen molar-refractivity contribution in [2.24, 2.45) is 0 Å². The lowest BCUT2D eigenvalue weighted by atomic mass is 10.4. The highest BCUT2D eigenvalue weighted by atomic mass is 16.3. The largest absolute Gasteiger partial charge is 0.396 e. The van der Waals surface area contributed by atoms with E-state index in [1.807, 2.05) is 0 Å². The van der Waals surface area contributed by atoms with Crippen molar-refractivity contribution in [2.75, 3.05) is 18.9 Å². The minimum Gasteiger partial charge on any atom is -0.396 e. The molecule has 0 bridgehead atoms. The van der Waals surface area contributed by atoms with Crippen LogP contribution in [0.5, 0.6) is 0 Å². The van der Waals surface area contributed by atoms with Crippen LogP contribution in [0.2, 0.25) is 0 Å². The molecule has 0 unspecified atom stereocenters. The van der Waals surface area contributed by atoms with Crippen molar-refractivity contribution in [2.45, 2.75) is 6.42 Å². The van der Waals surface area contributed by atoms with E-state index in [1.54, 1.807) is 0 Å². The lowest BCUT2D eigenvalue weighted by Crippen LogP contribution is -2.25. The fourth-order valence-electron chi connectivity index (χ4n) is 0.830. The number of aliphatic hydroxyl groups excluding tert-OH is 1. The molecule has 13 heavy (non-hydrogen) atoms. The molecule has 1 rings (SSSR count). The van der Waals surface area contributed by atoms with E-state index < -0.39 is 0 Å². The number of carbonyl (C=O) groups excluding carboxylic acids is 1. The van der Waals surface area contributed by atoms with Gasteiger partial charge in [0, 0.05) is 19.2 Å². The molecule has 0 atom stereocenters. The van der Waals surface area contributed by atoms with E-state index in [1.165, 1.54) is 6.07 Å². The van der Waals surface area contributed by atoms with Gasteiger partial charge in [-0.25, -0.2) is 0 Å². The van der Waals surface area contributed by atoms with Crippen LogP contribution < -0.4 is 11.1 Å². The lowest BCUT2D eigenvalue weighted by molar-refractivity contribution is 0.0946. The zero-order valence-corrected chi connectivity index (χ0v) is 7.08. The van der Waals surface area contributed by atoms with Crippen LogP contribution in [0.1, 0.15) is 16.9 Å². The summed E-state index contributed by atoms with van der Waals surface area (Å²) in [5, 5.41) is 17.1. The van der Waals surface area contributed by atoms with Gasteiger partial charge < -0.3 is 16.2 Å². The van der Waals surface area contributed by atoms with Gasteiger partial charge in [0.1, 0.15) is 11.5 Å². The molecule has 0 radical (unpaired) electrons. The number of carbonyl (C=O) groups is 1. The van der Waals surface area contributed by atoms with Crippen LogP contribution in [0.15, 0.2) is 6.07 Å². The average Bonchev–Trinajstić information content (AvgIpc) is 2.52. The third-order valence-electron chi connectivity index (χ3n) is 1.46. The lowest BCUT2D eigenvalue weighted by Gasteiger charge is -2.00. The first kappa shape index (κ1) is 9.53. The van der Waals surface area contributed by atoms with Crippen molar-refractivity contribution >= 4 is 11.7 Å². The molecule has 72 valence electrons. The van der Waals surface area contributed by atoms with Gasteiger partial charge in [-0.15, -0.1) is 0 Å². The molecule has 1 heterocycles. The molecule has 0 aromatic carbocycles. The van der Waals surface area contributed by atoms with E-state index in [4.69, 9.17) is 10.8 Å². The van der Waals surface area contributed by atoms with Gasteiger partial charge in [-0.2, -0.15) is 5.10 Å². The number of anilines is 1. The first-order chi connectivity index (χ1) is 6.24. The minimum atomic E-state index is -0.266. The highest BCUT2D eigenvalue weighted by Gasteiger charge is 2.06. The number of nitrogens with zero attached hydrogens (tertiary/aromatic N) is 1. The molecule has 0 spiro atoms. The molecule has 1 aromatic heterocycles. The Kier molecular flexibility index (Phi) is 3.27. The number of H-pyrrole nitrogens is 1. The van der Waals surface area contributed by atoms with Gasteiger partial charge >= 0.3 is 0 Å². The van der Waals surface area contributed by atoms with E-state index >= 15 is 0 Å². The Morgan fingerprint density at radius 2 is 2.54 bits per heavy atom. The van der Waals surface area contributed by atoms with Crippen molar-refractivity contribution in [3.05, 3.63) is 11.8 Å². The average molecular weight is 184 g/mol. The summed E-state index contributed by atoms with van der Waals surface area (Å²) in [6.45, 7) is 0.500. The predicted octanol–water partition coefficient (Wildman–Crippen LogP) is -0.896. The van der Waals surface area contributed by atoms with Crippen molar-refractivity contribution in [3.63, 3.8) is 0 Å². The Balaban J connectivity index is 2.40. The van der Waals surface area contributed by atoms with Crippen LogP contribution in [-0.4, -0.2) is 34.4 Å². The molecule has 0 aliphatic rings. The molecule has 5 N–H and O–H groups in total. The summed E-state index contributed by atoms with van der Waals surface area (Å²) >= 11 is 0. The van der Waals surface area contributed by atoms with Crippen molar-refractivity contribution < 1.29 is 9.90 Å². The third-order valence-corrected chi connectivity index (χ3v) is 1.46. The van der Waals surface area contributed by atoms with Crippen molar-refractivity contribution in [1.29, 1.82) is 0 Å². The molecule has 0 fully saturated rings. The summed E-state index contributed by atoms with van der Waals surface area (Å²) in [7, 11) is 0. The number of aromatic amines is 1. The standard InChI is InChI=1S/C7H12N4O2/c8-6-4-5(10-11-6)7(13)9-2-1-3-12/h4,12H,1-3H2,(H,9,13)(H3,8,10,11). The Bertz CT molecular complexity index is 284. The Hall–Kier alpha value is -1.56. The molecule has 6 nitrogen and oxygen atoms in total. The Morgan fingerprint density at radius 1 is 1.77 bits per heavy atom. The molecular formula is C7H12N4O2. The number of nitrogen functional groups attached to an aromatic ring is 1. The van der Waals surface area contributed by atoms with Gasteiger partial charge in [0.25, 0.3) is 5.91 Å². The summed E-state index contributed by atoms with van der Waals surface area (Å²) in [5.41, 5.74) is 5.64. The topological polar surface area (TPSA) is 104 Å². The molecule has 1 amide bonds. The summed E-state index contributed by atoms with van der Waals surface area (Å²) < 4.78 is 0. The predicted molar refractivity (Wildman–Crippen MR) is 47.0 cm³/mol. The van der Waals surface area contributed by atoms with Crippen LogP contribution in [0.25, 0.3) is 0 Å². The van der Waals surface area contributed by atoms with Gasteiger partial charge in [0.15, 0.2) is 0 Å². The van der Waals surface area contributed by atoms with E-state index in [2.05, 4.69) is 15.5 Å². The smallest absolute Gasteiger partial charge is 0.269 e. The molecule has 0 aliphatic heterocycles. The summed E-state index contributed by atoms with van der Waals surface area (Å²) in [6.07, 6.45) is 0.537. The molecule has 0 saturated carbocycles. The molecule has 6 heteroatoms. The van der Waals surface area contributed by atoms with Crippen LogP contribution in [0.3, 0.4) is 0 Å². The van der Waals surface area contributed by atoms with Crippen molar-refractivity contribution in [1.82, 2.24) is 15.5 Å². The summed E-state index contributed by atoms with van der Waals surface area (Å²) in [5.74, 6) is 0.0185. The van der Waals surface area contributed by atoms with Crippen LogP contribution in [0, 0.1) is 0 Å². The Morgan fingerprint density at radius 3 is 3.08 bits per heavy atom. The number of hydrogen-bond acceptors (Lipinski definition) is 4. The highest BCUT2D eigenvalue weighted by molar-refractivity contribution is 5.92. The zero-order valence-electron chi connectivity index (χ0n) is 7.08. The van der Waals surface area contributed by atoms with Gasteiger partial charge in [-0.1, -0.05) is 0 Å². The minimum absolute atomic E-state index is 0.0609. The first-order valence-corrected chi connectivity index (χ1v) is 3.94. The first-order valence-electron chi connectivity index (χ1n) is 3.94. The van der Waals surface area contributed by atoms with Crippen LogP contribution in [-0.2, 0) is 0 Å². The van der Waals surface area contributed by atoms with Crippen LogP contribution in [0.4, 0.5) is 5.82 Å². The van der Waals surface area contributed by atoms with Gasteiger partial charge in [0.2, 0.25) is 0 Å². The molecule has 0 aliphatic carbocycles. The SMILES string of the molecule is Nc1cc(C(=O)NCCCO)[nH]n1. The number of amides is 1. The monoisotopic (exact) mass is 184 g/mol. The maximum Gasteiger partial charge on any atom is 0.269 e. The second kappa shape index (κ2) is 4.46. The van der Waals surface area contributed by atoms with E-state index in [0.717, 1.165) is 0 Å². The molecular weight excluding hydrogens is 172 g/mol. The molecule has 1 aromatic rings. The number of aromatic nitrogens is 2. The number of aliphatic hydroxyl groups is 1. The quantitative estimate of drug-likeness (QED) is 0.455. The number of nitrogens with one attached hydrogen (secondary N) is 2.